The normalized spacial score (nSPS) is 10.3. The van der Waals surface area contributed by atoms with Crippen molar-refractivity contribution in [2.24, 2.45) is 0 Å². The first-order valence-corrected chi connectivity index (χ1v) is 5.50. The van der Waals surface area contributed by atoms with Crippen molar-refractivity contribution < 1.29 is 4.39 Å². The molecular weight excluding hydrogens is 390 g/mol. The molecule has 0 fully saturated rings. The van der Waals surface area contributed by atoms with Crippen LogP contribution in [0.4, 0.5) is 4.39 Å². The van der Waals surface area contributed by atoms with Crippen molar-refractivity contribution in [3.8, 4) is 0 Å². The van der Waals surface area contributed by atoms with E-state index >= 15 is 0 Å². The van der Waals surface area contributed by atoms with E-state index in [4.69, 9.17) is 0 Å². The van der Waals surface area contributed by atoms with Crippen molar-refractivity contribution in [1.82, 2.24) is 0 Å². The van der Waals surface area contributed by atoms with Crippen LogP contribution in [0.15, 0.2) is 15.0 Å². The summed E-state index contributed by atoms with van der Waals surface area (Å²) in [7, 11) is 0. The van der Waals surface area contributed by atoms with Gasteiger partial charge in [-0.25, -0.2) is 4.39 Å². The van der Waals surface area contributed by atoms with E-state index in [-0.39, 0.29) is 5.82 Å². The highest BCUT2D eigenvalue weighted by molar-refractivity contribution is 14.1. The summed E-state index contributed by atoms with van der Waals surface area (Å²) in [4.78, 5) is 0. The molecule has 0 nitrogen and oxygen atoms in total. The third kappa shape index (κ3) is 1.95. The van der Waals surface area contributed by atoms with E-state index in [1.54, 1.807) is 0 Å². The lowest BCUT2D eigenvalue weighted by molar-refractivity contribution is 0.617. The molecule has 4 heteroatoms. The SMILES string of the molecule is Cc1c(Br)cc(F)c(I)c1Br. The van der Waals surface area contributed by atoms with Crippen molar-refractivity contribution in [3.05, 3.63) is 30.0 Å². The van der Waals surface area contributed by atoms with Gasteiger partial charge in [-0.3, -0.25) is 0 Å². The van der Waals surface area contributed by atoms with Gasteiger partial charge in [0.2, 0.25) is 0 Å². The summed E-state index contributed by atoms with van der Waals surface area (Å²) in [5.74, 6) is -0.199. The van der Waals surface area contributed by atoms with Gasteiger partial charge in [0.1, 0.15) is 5.82 Å². The van der Waals surface area contributed by atoms with Gasteiger partial charge in [0.15, 0.2) is 0 Å². The van der Waals surface area contributed by atoms with Gasteiger partial charge in [-0.15, -0.1) is 0 Å². The minimum absolute atomic E-state index is 0.199. The van der Waals surface area contributed by atoms with Crippen LogP contribution in [0, 0.1) is 16.3 Å². The third-order valence-corrected chi connectivity index (χ3v) is 4.95. The maximum atomic E-state index is 13.0. The van der Waals surface area contributed by atoms with Gasteiger partial charge in [0, 0.05) is 8.95 Å². The van der Waals surface area contributed by atoms with Crippen LogP contribution in [0.2, 0.25) is 0 Å². The molecule has 0 aliphatic carbocycles. The van der Waals surface area contributed by atoms with Gasteiger partial charge in [-0.2, -0.15) is 0 Å². The molecular formula is C7H4Br2FI. The molecule has 0 radical (unpaired) electrons. The molecule has 11 heavy (non-hydrogen) atoms. The maximum Gasteiger partial charge on any atom is 0.138 e. The fourth-order valence-electron chi connectivity index (χ4n) is 0.657. The molecule has 0 saturated carbocycles. The van der Waals surface area contributed by atoms with Crippen molar-refractivity contribution in [2.75, 3.05) is 0 Å². The summed E-state index contributed by atoms with van der Waals surface area (Å²) in [6.07, 6.45) is 0. The standard InChI is InChI=1S/C7H4Br2FI/c1-3-4(8)2-5(10)7(11)6(3)9/h2H,1H3. The Kier molecular flexibility index (Phi) is 3.34. The number of hydrogen-bond donors (Lipinski definition) is 0. The van der Waals surface area contributed by atoms with Crippen LogP contribution >= 0.6 is 54.5 Å². The summed E-state index contributed by atoms with van der Waals surface area (Å²) >= 11 is 8.53. The van der Waals surface area contributed by atoms with Crippen molar-refractivity contribution >= 4 is 54.5 Å². The van der Waals surface area contributed by atoms with E-state index in [0.29, 0.717) is 3.57 Å². The second-order valence-corrected chi connectivity index (χ2v) is 4.82. The predicted octanol–water partition coefficient (Wildman–Crippen LogP) is 4.26. The zero-order chi connectivity index (χ0) is 8.59. The Labute approximate surface area is 95.0 Å². The number of halogens is 4. The number of hydrogen-bond acceptors (Lipinski definition) is 0. The molecule has 1 aromatic rings. The molecule has 0 heterocycles. The van der Waals surface area contributed by atoms with Crippen LogP contribution in [0.5, 0.6) is 0 Å². The van der Waals surface area contributed by atoms with Crippen LogP contribution in [0.25, 0.3) is 0 Å². The van der Waals surface area contributed by atoms with Crippen molar-refractivity contribution in [3.63, 3.8) is 0 Å². The van der Waals surface area contributed by atoms with Gasteiger partial charge in [0.25, 0.3) is 0 Å². The van der Waals surface area contributed by atoms with Crippen LogP contribution in [-0.4, -0.2) is 0 Å². The van der Waals surface area contributed by atoms with Crippen LogP contribution < -0.4 is 0 Å². The van der Waals surface area contributed by atoms with Gasteiger partial charge in [0.05, 0.1) is 3.57 Å². The Bertz CT molecular complexity index is 273. The molecule has 0 aliphatic heterocycles. The Morgan fingerprint density at radius 3 is 2.55 bits per heavy atom. The molecule has 1 aromatic carbocycles. The topological polar surface area (TPSA) is 0 Å². The van der Waals surface area contributed by atoms with Gasteiger partial charge in [-0.05, 0) is 57.1 Å². The van der Waals surface area contributed by atoms with Crippen molar-refractivity contribution in [1.29, 1.82) is 0 Å². The molecule has 0 saturated heterocycles. The first kappa shape index (κ1) is 9.92. The minimum atomic E-state index is -0.199. The number of rotatable bonds is 0. The Morgan fingerprint density at radius 1 is 1.45 bits per heavy atom. The molecule has 0 aliphatic rings. The highest BCUT2D eigenvalue weighted by Crippen LogP contribution is 2.30. The van der Waals surface area contributed by atoms with Crippen LogP contribution in [0.1, 0.15) is 5.56 Å². The second-order valence-electron chi connectivity index (χ2n) is 2.09. The van der Waals surface area contributed by atoms with E-state index < -0.39 is 0 Å². The van der Waals surface area contributed by atoms with E-state index in [1.165, 1.54) is 6.07 Å². The number of benzene rings is 1. The smallest absolute Gasteiger partial charge is 0.138 e. The summed E-state index contributed by atoms with van der Waals surface area (Å²) < 4.78 is 15.2. The molecule has 0 unspecified atom stereocenters. The van der Waals surface area contributed by atoms with Crippen molar-refractivity contribution in [2.45, 2.75) is 6.92 Å². The lowest BCUT2D eigenvalue weighted by atomic mass is 10.2. The molecule has 0 aromatic heterocycles. The van der Waals surface area contributed by atoms with Gasteiger partial charge in [-0.1, -0.05) is 15.9 Å². The maximum absolute atomic E-state index is 13.0. The molecule has 0 N–H and O–H groups in total. The third-order valence-electron chi connectivity index (χ3n) is 1.34. The monoisotopic (exact) mass is 392 g/mol. The van der Waals surface area contributed by atoms with E-state index in [0.717, 1.165) is 14.5 Å². The molecule has 0 bridgehead atoms. The Morgan fingerprint density at radius 2 is 2.00 bits per heavy atom. The second kappa shape index (κ2) is 3.70. The van der Waals surface area contributed by atoms with Gasteiger partial charge >= 0.3 is 0 Å². The lowest BCUT2D eigenvalue weighted by Crippen LogP contribution is -1.88. The van der Waals surface area contributed by atoms with Crippen LogP contribution in [0.3, 0.4) is 0 Å². The highest BCUT2D eigenvalue weighted by Gasteiger charge is 2.09. The van der Waals surface area contributed by atoms with E-state index in [1.807, 2.05) is 29.5 Å². The first-order chi connectivity index (χ1) is 5.04. The summed E-state index contributed by atoms with van der Waals surface area (Å²) in [6.45, 7) is 1.93. The molecule has 0 amide bonds. The molecule has 1 rings (SSSR count). The predicted molar refractivity (Wildman–Crippen MR) is 59.3 cm³/mol. The quantitative estimate of drug-likeness (QED) is 0.351. The molecule has 0 atom stereocenters. The minimum Gasteiger partial charge on any atom is -0.206 e. The van der Waals surface area contributed by atoms with Gasteiger partial charge < -0.3 is 0 Å². The zero-order valence-electron chi connectivity index (χ0n) is 5.59. The summed E-state index contributed by atoms with van der Waals surface area (Å²) in [5, 5.41) is 0. The average molecular weight is 394 g/mol. The zero-order valence-corrected chi connectivity index (χ0v) is 10.9. The fourth-order valence-corrected chi connectivity index (χ4v) is 2.29. The largest absolute Gasteiger partial charge is 0.206 e. The lowest BCUT2D eigenvalue weighted by Gasteiger charge is -2.04. The fraction of sp³-hybridized carbons (Fsp3) is 0.143. The van der Waals surface area contributed by atoms with E-state index in [9.17, 15) is 4.39 Å². The first-order valence-electron chi connectivity index (χ1n) is 2.83. The Hall–Kier alpha value is 0.840. The molecule has 0 spiro atoms. The Balaban J connectivity index is 3.46. The average Bonchev–Trinajstić information content (AvgIpc) is 1.97. The summed E-state index contributed by atoms with van der Waals surface area (Å²) in [6, 6.07) is 1.47. The van der Waals surface area contributed by atoms with E-state index in [2.05, 4.69) is 31.9 Å². The summed E-state index contributed by atoms with van der Waals surface area (Å²) in [5.41, 5.74) is 1.02. The highest BCUT2D eigenvalue weighted by atomic mass is 127. The van der Waals surface area contributed by atoms with Crippen LogP contribution in [-0.2, 0) is 0 Å². The molecule has 60 valence electrons.